The summed E-state index contributed by atoms with van der Waals surface area (Å²) in [4.78, 5) is 16.8. The van der Waals surface area contributed by atoms with Crippen LogP contribution in [0.15, 0.2) is 29.1 Å². The maximum absolute atomic E-state index is 11.3. The predicted molar refractivity (Wildman–Crippen MR) is 76.3 cm³/mol. The lowest BCUT2D eigenvalue weighted by molar-refractivity contribution is 0.113. The zero-order valence-corrected chi connectivity index (χ0v) is 12.4. The van der Waals surface area contributed by atoms with E-state index in [4.69, 9.17) is 0 Å². The number of carboxylic acid groups (broad SMARTS) is 1. The molecule has 1 aliphatic rings. The molecule has 0 bridgehead atoms. The zero-order valence-electron chi connectivity index (χ0n) is 10.8. The summed E-state index contributed by atoms with van der Waals surface area (Å²) in [5, 5.41) is 13.7. The fourth-order valence-electron chi connectivity index (χ4n) is 2.63. The number of fused-ring (bicyclic) bond motifs is 1. The minimum Gasteiger partial charge on any atom is -0.465 e. The Morgan fingerprint density at radius 2 is 2.10 bits per heavy atom. The molecule has 0 aliphatic carbocycles. The summed E-state index contributed by atoms with van der Waals surface area (Å²) in [6, 6.07) is 3.56. The maximum Gasteiger partial charge on any atom is 0.407 e. The SMILES string of the molecule is CC1c2c(-c3ccncc3)c(Br)nn2CCN1C(=O)O. The molecular weight excluding hydrogens is 324 g/mol. The number of hydrogen-bond acceptors (Lipinski definition) is 3. The van der Waals surface area contributed by atoms with Gasteiger partial charge in [0.25, 0.3) is 0 Å². The second kappa shape index (κ2) is 4.90. The third-order valence-corrected chi connectivity index (χ3v) is 4.13. The van der Waals surface area contributed by atoms with E-state index in [1.165, 1.54) is 4.90 Å². The van der Waals surface area contributed by atoms with Crippen molar-refractivity contribution in [3.8, 4) is 11.1 Å². The number of aromatic nitrogens is 3. The van der Waals surface area contributed by atoms with Gasteiger partial charge in [-0.2, -0.15) is 5.10 Å². The molecule has 6 nitrogen and oxygen atoms in total. The summed E-state index contributed by atoms with van der Waals surface area (Å²) in [6.45, 7) is 2.90. The van der Waals surface area contributed by atoms with Gasteiger partial charge in [-0.15, -0.1) is 0 Å². The molecule has 104 valence electrons. The minimum absolute atomic E-state index is 0.233. The summed E-state index contributed by atoms with van der Waals surface area (Å²) >= 11 is 3.48. The largest absolute Gasteiger partial charge is 0.465 e. The Labute approximate surface area is 124 Å². The van der Waals surface area contributed by atoms with Crippen LogP contribution in [0, 0.1) is 0 Å². The Balaban J connectivity index is 2.15. The van der Waals surface area contributed by atoms with Crippen LogP contribution in [0.3, 0.4) is 0 Å². The molecule has 3 heterocycles. The Bertz CT molecular complexity index is 656. The third-order valence-electron chi connectivity index (χ3n) is 3.58. The monoisotopic (exact) mass is 336 g/mol. The van der Waals surface area contributed by atoms with Crippen LogP contribution in [0.25, 0.3) is 11.1 Å². The van der Waals surface area contributed by atoms with Crippen molar-refractivity contribution in [2.24, 2.45) is 0 Å². The van der Waals surface area contributed by atoms with Crippen LogP contribution in [0.5, 0.6) is 0 Å². The molecule has 0 saturated heterocycles. The molecule has 0 aromatic carbocycles. The topological polar surface area (TPSA) is 71.2 Å². The molecular formula is C13H13BrN4O2. The average Bonchev–Trinajstić information content (AvgIpc) is 2.77. The van der Waals surface area contributed by atoms with Gasteiger partial charge in [0, 0.05) is 24.5 Å². The van der Waals surface area contributed by atoms with Crippen molar-refractivity contribution in [3.63, 3.8) is 0 Å². The van der Waals surface area contributed by atoms with Crippen molar-refractivity contribution in [1.29, 1.82) is 0 Å². The van der Waals surface area contributed by atoms with Gasteiger partial charge >= 0.3 is 6.09 Å². The van der Waals surface area contributed by atoms with E-state index in [0.29, 0.717) is 13.1 Å². The first kappa shape index (κ1) is 13.1. The van der Waals surface area contributed by atoms with Gasteiger partial charge in [-0.05, 0) is 40.5 Å². The minimum atomic E-state index is -0.901. The van der Waals surface area contributed by atoms with E-state index in [-0.39, 0.29) is 6.04 Å². The third kappa shape index (κ3) is 1.98. The predicted octanol–water partition coefficient (Wildman–Crippen LogP) is 2.76. The Kier molecular flexibility index (Phi) is 3.21. The first-order chi connectivity index (χ1) is 9.59. The van der Waals surface area contributed by atoms with E-state index in [0.717, 1.165) is 21.4 Å². The van der Waals surface area contributed by atoms with Crippen LogP contribution in [0.1, 0.15) is 18.7 Å². The number of carbonyl (C=O) groups is 1. The fourth-order valence-corrected chi connectivity index (χ4v) is 3.25. The molecule has 0 fully saturated rings. The highest BCUT2D eigenvalue weighted by molar-refractivity contribution is 9.10. The molecule has 2 aromatic rings. The lowest BCUT2D eigenvalue weighted by Gasteiger charge is -2.32. The van der Waals surface area contributed by atoms with Gasteiger partial charge in [0.1, 0.15) is 4.60 Å². The lowest BCUT2D eigenvalue weighted by atomic mass is 10.0. The van der Waals surface area contributed by atoms with Gasteiger partial charge in [0.15, 0.2) is 0 Å². The van der Waals surface area contributed by atoms with E-state index in [2.05, 4.69) is 26.0 Å². The zero-order chi connectivity index (χ0) is 14.3. The molecule has 3 rings (SSSR count). The molecule has 1 N–H and O–H groups in total. The summed E-state index contributed by atoms with van der Waals surface area (Å²) in [5.41, 5.74) is 2.83. The molecule has 0 spiro atoms. The van der Waals surface area contributed by atoms with Gasteiger partial charge in [0.2, 0.25) is 0 Å². The number of nitrogens with zero attached hydrogens (tertiary/aromatic N) is 4. The maximum atomic E-state index is 11.3. The summed E-state index contributed by atoms with van der Waals surface area (Å²) < 4.78 is 2.61. The highest BCUT2D eigenvalue weighted by Gasteiger charge is 2.32. The molecule has 2 aromatic heterocycles. The number of pyridine rings is 1. The van der Waals surface area contributed by atoms with Crippen molar-refractivity contribution >= 4 is 22.0 Å². The van der Waals surface area contributed by atoms with Crippen LogP contribution in [-0.4, -0.2) is 37.4 Å². The smallest absolute Gasteiger partial charge is 0.407 e. The molecule has 1 atom stereocenters. The molecule has 1 unspecified atom stereocenters. The number of rotatable bonds is 1. The first-order valence-corrected chi connectivity index (χ1v) is 7.05. The van der Waals surface area contributed by atoms with E-state index >= 15 is 0 Å². The van der Waals surface area contributed by atoms with Crippen molar-refractivity contribution in [1.82, 2.24) is 19.7 Å². The standard InChI is InChI=1S/C13H13BrN4O2/c1-8-11-10(9-2-4-15-5-3-9)12(14)16-18(11)7-6-17(8)13(19)20/h2-5,8H,6-7H2,1H3,(H,19,20). The molecule has 1 amide bonds. The average molecular weight is 337 g/mol. The summed E-state index contributed by atoms with van der Waals surface area (Å²) in [7, 11) is 0. The number of halogens is 1. The Morgan fingerprint density at radius 1 is 1.40 bits per heavy atom. The summed E-state index contributed by atoms with van der Waals surface area (Å²) in [6.07, 6.45) is 2.53. The van der Waals surface area contributed by atoms with Gasteiger partial charge in [-0.1, -0.05) is 0 Å². The quantitative estimate of drug-likeness (QED) is 0.869. The Hall–Kier alpha value is -1.89. The lowest BCUT2D eigenvalue weighted by Crippen LogP contribution is -2.40. The highest BCUT2D eigenvalue weighted by atomic mass is 79.9. The van der Waals surface area contributed by atoms with Gasteiger partial charge in [0.05, 0.1) is 18.3 Å². The Morgan fingerprint density at radius 3 is 2.75 bits per heavy atom. The first-order valence-electron chi connectivity index (χ1n) is 6.25. The van der Waals surface area contributed by atoms with Gasteiger partial charge in [-0.25, -0.2) is 4.79 Å². The van der Waals surface area contributed by atoms with Crippen molar-refractivity contribution < 1.29 is 9.90 Å². The number of hydrogen-bond donors (Lipinski definition) is 1. The normalized spacial score (nSPS) is 17.9. The second-order valence-corrected chi connectivity index (χ2v) is 5.41. The van der Waals surface area contributed by atoms with Gasteiger partial charge in [-0.3, -0.25) is 14.6 Å². The van der Waals surface area contributed by atoms with Crippen LogP contribution < -0.4 is 0 Å². The highest BCUT2D eigenvalue weighted by Crippen LogP contribution is 2.38. The second-order valence-electron chi connectivity index (χ2n) is 4.66. The van der Waals surface area contributed by atoms with E-state index in [1.807, 2.05) is 23.7 Å². The van der Waals surface area contributed by atoms with Crippen LogP contribution in [-0.2, 0) is 6.54 Å². The molecule has 20 heavy (non-hydrogen) atoms. The summed E-state index contributed by atoms with van der Waals surface area (Å²) in [5.74, 6) is 0. The van der Waals surface area contributed by atoms with Crippen LogP contribution in [0.2, 0.25) is 0 Å². The van der Waals surface area contributed by atoms with Crippen molar-refractivity contribution in [2.75, 3.05) is 6.54 Å². The van der Waals surface area contributed by atoms with Crippen LogP contribution >= 0.6 is 15.9 Å². The molecule has 7 heteroatoms. The van der Waals surface area contributed by atoms with Gasteiger partial charge < -0.3 is 5.11 Å². The van der Waals surface area contributed by atoms with Crippen LogP contribution in [0.4, 0.5) is 4.79 Å². The van der Waals surface area contributed by atoms with E-state index in [1.54, 1.807) is 12.4 Å². The van der Waals surface area contributed by atoms with E-state index < -0.39 is 6.09 Å². The molecule has 0 saturated carbocycles. The van der Waals surface area contributed by atoms with E-state index in [9.17, 15) is 9.90 Å². The number of amides is 1. The molecule has 0 radical (unpaired) electrons. The molecule has 1 aliphatic heterocycles. The fraction of sp³-hybridized carbons (Fsp3) is 0.308. The van der Waals surface area contributed by atoms with Crippen molar-refractivity contribution in [2.45, 2.75) is 19.5 Å². The van der Waals surface area contributed by atoms with Crippen molar-refractivity contribution in [3.05, 3.63) is 34.8 Å².